The first-order valence-corrected chi connectivity index (χ1v) is 9.52. The van der Waals surface area contributed by atoms with Gasteiger partial charge >= 0.3 is 0 Å². The minimum absolute atomic E-state index is 0.0783. The number of hydrogen-bond donors (Lipinski definition) is 0. The van der Waals surface area contributed by atoms with Gasteiger partial charge in [0.25, 0.3) is 0 Å². The lowest BCUT2D eigenvalue weighted by molar-refractivity contribution is 0.305. The molecule has 1 heterocycles. The van der Waals surface area contributed by atoms with Gasteiger partial charge in [-0.3, -0.25) is 4.79 Å². The standard InChI is InChI=1S/C24H19ClO4/c1-15-23(17-6-8-18(25)9-7-17)24(26)21-11-10-20(13-22(21)29-15)28-14-16-4-3-5-19(12-16)27-2/h3-13H,14H2,1-2H3. The fraction of sp³-hybridized carbons (Fsp3) is 0.125. The predicted octanol–water partition coefficient (Wildman–Crippen LogP) is 6.01. The maximum absolute atomic E-state index is 13.0. The van der Waals surface area contributed by atoms with E-state index < -0.39 is 0 Å². The molecule has 0 saturated carbocycles. The minimum atomic E-state index is -0.0783. The molecule has 4 rings (SSSR count). The second-order valence-corrected chi connectivity index (χ2v) is 7.10. The second-order valence-electron chi connectivity index (χ2n) is 6.67. The molecule has 146 valence electrons. The zero-order valence-corrected chi connectivity index (χ0v) is 16.8. The highest BCUT2D eigenvalue weighted by Gasteiger charge is 2.14. The maximum atomic E-state index is 13.0. The van der Waals surface area contributed by atoms with E-state index in [1.54, 1.807) is 44.4 Å². The van der Waals surface area contributed by atoms with Crippen molar-refractivity contribution in [2.24, 2.45) is 0 Å². The summed E-state index contributed by atoms with van der Waals surface area (Å²) in [4.78, 5) is 13.0. The Kier molecular flexibility index (Phi) is 5.28. The smallest absolute Gasteiger partial charge is 0.200 e. The van der Waals surface area contributed by atoms with Crippen molar-refractivity contribution in [2.45, 2.75) is 13.5 Å². The summed E-state index contributed by atoms with van der Waals surface area (Å²) in [6.07, 6.45) is 0. The molecule has 0 N–H and O–H groups in total. The summed E-state index contributed by atoms with van der Waals surface area (Å²) in [6.45, 7) is 2.17. The predicted molar refractivity (Wildman–Crippen MR) is 115 cm³/mol. The molecule has 0 fully saturated rings. The van der Waals surface area contributed by atoms with E-state index in [0.29, 0.717) is 39.7 Å². The van der Waals surface area contributed by atoms with Crippen LogP contribution in [0.5, 0.6) is 11.5 Å². The van der Waals surface area contributed by atoms with Crippen molar-refractivity contribution >= 4 is 22.6 Å². The van der Waals surface area contributed by atoms with Crippen molar-refractivity contribution in [3.05, 3.63) is 93.3 Å². The second kappa shape index (κ2) is 8.02. The van der Waals surface area contributed by atoms with Gasteiger partial charge in [0.15, 0.2) is 0 Å². The van der Waals surface area contributed by atoms with E-state index in [2.05, 4.69) is 0 Å². The largest absolute Gasteiger partial charge is 0.497 e. The Morgan fingerprint density at radius 2 is 1.76 bits per heavy atom. The topological polar surface area (TPSA) is 48.7 Å². The van der Waals surface area contributed by atoms with Gasteiger partial charge in [-0.25, -0.2) is 0 Å². The lowest BCUT2D eigenvalue weighted by atomic mass is 10.0. The third-order valence-corrected chi connectivity index (χ3v) is 4.96. The van der Waals surface area contributed by atoms with E-state index in [1.165, 1.54) is 0 Å². The summed E-state index contributed by atoms with van der Waals surface area (Å²) >= 11 is 5.96. The summed E-state index contributed by atoms with van der Waals surface area (Å²) in [5.41, 5.74) is 2.72. The maximum Gasteiger partial charge on any atom is 0.200 e. The van der Waals surface area contributed by atoms with Gasteiger partial charge in [-0.1, -0.05) is 35.9 Å². The summed E-state index contributed by atoms with van der Waals surface area (Å²) in [5.74, 6) is 1.96. The van der Waals surface area contributed by atoms with E-state index in [1.807, 2.05) is 36.4 Å². The Labute approximate surface area is 173 Å². The van der Waals surface area contributed by atoms with Crippen molar-refractivity contribution in [3.63, 3.8) is 0 Å². The van der Waals surface area contributed by atoms with Crippen molar-refractivity contribution in [1.29, 1.82) is 0 Å². The minimum Gasteiger partial charge on any atom is -0.497 e. The molecule has 0 aliphatic carbocycles. The number of aryl methyl sites for hydroxylation is 1. The average molecular weight is 407 g/mol. The van der Waals surface area contributed by atoms with Crippen LogP contribution in [-0.4, -0.2) is 7.11 Å². The first-order chi connectivity index (χ1) is 14.0. The Balaban J connectivity index is 1.65. The van der Waals surface area contributed by atoms with Crippen LogP contribution in [0.1, 0.15) is 11.3 Å². The molecule has 0 aliphatic rings. The van der Waals surface area contributed by atoms with Crippen LogP contribution in [0.3, 0.4) is 0 Å². The van der Waals surface area contributed by atoms with Gasteiger partial charge in [-0.15, -0.1) is 0 Å². The number of ether oxygens (including phenoxy) is 2. The van der Waals surface area contributed by atoms with E-state index in [0.717, 1.165) is 16.9 Å². The van der Waals surface area contributed by atoms with Gasteiger partial charge in [0.05, 0.1) is 18.1 Å². The van der Waals surface area contributed by atoms with Crippen LogP contribution in [0, 0.1) is 6.92 Å². The Hall–Kier alpha value is -3.24. The number of rotatable bonds is 5. The van der Waals surface area contributed by atoms with Crippen molar-refractivity contribution in [3.8, 4) is 22.6 Å². The first-order valence-electron chi connectivity index (χ1n) is 9.14. The van der Waals surface area contributed by atoms with Gasteiger partial charge in [0.2, 0.25) is 5.43 Å². The molecule has 4 aromatic rings. The number of benzene rings is 3. The van der Waals surface area contributed by atoms with Crippen molar-refractivity contribution in [2.75, 3.05) is 7.11 Å². The SMILES string of the molecule is COc1cccc(COc2ccc3c(=O)c(-c4ccc(Cl)cc4)c(C)oc3c2)c1. The molecule has 0 amide bonds. The number of halogens is 1. The molecule has 4 nitrogen and oxygen atoms in total. The zero-order valence-electron chi connectivity index (χ0n) is 16.1. The molecule has 1 aromatic heterocycles. The molecule has 0 unspecified atom stereocenters. The van der Waals surface area contributed by atoms with E-state index >= 15 is 0 Å². The van der Waals surface area contributed by atoms with Crippen LogP contribution < -0.4 is 14.9 Å². The van der Waals surface area contributed by atoms with Gasteiger partial charge < -0.3 is 13.9 Å². The molecule has 0 bridgehead atoms. The summed E-state index contributed by atoms with van der Waals surface area (Å²) in [5, 5.41) is 1.13. The average Bonchev–Trinajstić information content (AvgIpc) is 2.73. The van der Waals surface area contributed by atoms with E-state index in [9.17, 15) is 4.79 Å². The molecule has 0 saturated heterocycles. The third-order valence-electron chi connectivity index (χ3n) is 4.71. The Morgan fingerprint density at radius 1 is 0.966 bits per heavy atom. The van der Waals surface area contributed by atoms with E-state index in [4.69, 9.17) is 25.5 Å². The molecule has 0 atom stereocenters. The monoisotopic (exact) mass is 406 g/mol. The van der Waals surface area contributed by atoms with Gasteiger partial charge in [-0.05, 0) is 54.4 Å². The van der Waals surface area contributed by atoms with Crippen LogP contribution in [0.2, 0.25) is 5.02 Å². The molecule has 0 aliphatic heterocycles. The summed E-state index contributed by atoms with van der Waals surface area (Å²) in [6, 6.07) is 20.1. The highest BCUT2D eigenvalue weighted by Crippen LogP contribution is 2.27. The fourth-order valence-corrected chi connectivity index (χ4v) is 3.38. The molecular weight excluding hydrogens is 388 g/mol. The normalized spacial score (nSPS) is 10.9. The zero-order chi connectivity index (χ0) is 20.4. The lowest BCUT2D eigenvalue weighted by Crippen LogP contribution is -2.07. The fourth-order valence-electron chi connectivity index (χ4n) is 3.25. The van der Waals surface area contributed by atoms with Crippen LogP contribution in [0.15, 0.2) is 75.9 Å². The molecule has 5 heteroatoms. The molecule has 0 spiro atoms. The number of methoxy groups -OCH3 is 1. The van der Waals surface area contributed by atoms with Gasteiger partial charge in [0.1, 0.15) is 29.4 Å². The molecule has 0 radical (unpaired) electrons. The number of fused-ring (bicyclic) bond motifs is 1. The van der Waals surface area contributed by atoms with Crippen LogP contribution in [0.25, 0.3) is 22.1 Å². The molecule has 29 heavy (non-hydrogen) atoms. The van der Waals surface area contributed by atoms with Crippen LogP contribution in [-0.2, 0) is 6.61 Å². The molecule has 3 aromatic carbocycles. The third kappa shape index (κ3) is 3.98. The molecular formula is C24H19ClO4. The van der Waals surface area contributed by atoms with Gasteiger partial charge in [-0.2, -0.15) is 0 Å². The Bertz CT molecular complexity index is 1230. The summed E-state index contributed by atoms with van der Waals surface area (Å²) in [7, 11) is 1.63. The highest BCUT2D eigenvalue weighted by atomic mass is 35.5. The quantitative estimate of drug-likeness (QED) is 0.407. The van der Waals surface area contributed by atoms with Crippen molar-refractivity contribution < 1.29 is 13.9 Å². The number of hydrogen-bond acceptors (Lipinski definition) is 4. The van der Waals surface area contributed by atoms with Crippen LogP contribution >= 0.6 is 11.6 Å². The highest BCUT2D eigenvalue weighted by molar-refractivity contribution is 6.30. The first kappa shape index (κ1) is 19.1. The lowest BCUT2D eigenvalue weighted by Gasteiger charge is -2.10. The summed E-state index contributed by atoms with van der Waals surface area (Å²) < 4.78 is 17.1. The van der Waals surface area contributed by atoms with Crippen LogP contribution in [0.4, 0.5) is 0 Å². The van der Waals surface area contributed by atoms with Crippen molar-refractivity contribution in [1.82, 2.24) is 0 Å². The van der Waals surface area contributed by atoms with E-state index in [-0.39, 0.29) is 5.43 Å². The Morgan fingerprint density at radius 3 is 2.52 bits per heavy atom. The van der Waals surface area contributed by atoms with Gasteiger partial charge in [0, 0.05) is 11.1 Å².